The molecule has 2 aromatic rings. The van der Waals surface area contributed by atoms with Gasteiger partial charge in [0.05, 0.1) is 0 Å². The Morgan fingerprint density at radius 1 is 1.05 bits per heavy atom. The van der Waals surface area contributed by atoms with Crippen LogP contribution in [-0.4, -0.2) is 6.18 Å². The fourth-order valence-corrected chi connectivity index (χ4v) is 2.14. The van der Waals surface area contributed by atoms with Crippen LogP contribution >= 0.6 is 0 Å². The van der Waals surface area contributed by atoms with E-state index in [-0.39, 0.29) is 5.56 Å². The molecular formula is C15H16F3N. The predicted molar refractivity (Wildman–Crippen MR) is 70.9 cm³/mol. The van der Waals surface area contributed by atoms with Crippen LogP contribution in [0.3, 0.4) is 0 Å². The third kappa shape index (κ3) is 3.07. The predicted octanol–water partition coefficient (Wildman–Crippen LogP) is 4.35. The Hall–Kier alpha value is -1.55. The fraction of sp³-hybridized carbons (Fsp3) is 0.333. The first-order valence-corrected chi connectivity index (χ1v) is 6.26. The smallest absolute Gasteiger partial charge is 0.316 e. The number of alkyl halides is 3. The first-order valence-electron chi connectivity index (χ1n) is 6.26. The number of aryl methyl sites for hydroxylation is 1. The first-order chi connectivity index (χ1) is 8.91. The average Bonchev–Trinajstić information content (AvgIpc) is 2.36. The molecule has 0 saturated carbocycles. The normalized spacial score (nSPS) is 13.7. The number of hydrogen-bond donors (Lipinski definition) is 1. The summed E-state index contributed by atoms with van der Waals surface area (Å²) in [6.45, 7) is 2.07. The Bertz CT molecular complexity index is 575. The van der Waals surface area contributed by atoms with E-state index in [9.17, 15) is 13.2 Å². The Balaban J connectivity index is 2.43. The zero-order valence-corrected chi connectivity index (χ0v) is 10.7. The number of hydrogen-bond acceptors (Lipinski definition) is 1. The Morgan fingerprint density at radius 2 is 1.74 bits per heavy atom. The molecule has 2 aromatic carbocycles. The lowest BCUT2D eigenvalue weighted by atomic mass is 9.99. The molecule has 2 rings (SSSR count). The van der Waals surface area contributed by atoms with Crippen molar-refractivity contribution in [2.45, 2.75) is 32.0 Å². The second-order valence-electron chi connectivity index (χ2n) is 4.71. The zero-order chi connectivity index (χ0) is 14.0. The highest BCUT2D eigenvalue weighted by molar-refractivity contribution is 5.84. The number of nitrogens with two attached hydrogens (primary N) is 1. The van der Waals surface area contributed by atoms with Crippen LogP contribution in [0.1, 0.15) is 30.5 Å². The first kappa shape index (κ1) is 13.9. The lowest BCUT2D eigenvalue weighted by Gasteiger charge is -2.16. The second kappa shape index (κ2) is 5.21. The van der Waals surface area contributed by atoms with Gasteiger partial charge in [-0.1, -0.05) is 43.7 Å². The quantitative estimate of drug-likeness (QED) is 0.878. The van der Waals surface area contributed by atoms with Gasteiger partial charge >= 0.3 is 6.18 Å². The van der Waals surface area contributed by atoms with E-state index in [2.05, 4.69) is 6.92 Å². The summed E-state index contributed by atoms with van der Waals surface area (Å²) in [6, 6.07) is 8.62. The van der Waals surface area contributed by atoms with Gasteiger partial charge in [-0.05, 0) is 34.4 Å². The topological polar surface area (TPSA) is 26.0 Å². The van der Waals surface area contributed by atoms with Crippen molar-refractivity contribution in [2.75, 3.05) is 0 Å². The van der Waals surface area contributed by atoms with E-state index in [4.69, 9.17) is 5.73 Å². The van der Waals surface area contributed by atoms with Gasteiger partial charge in [-0.2, -0.15) is 13.2 Å². The minimum atomic E-state index is -4.41. The molecule has 0 fully saturated rings. The summed E-state index contributed by atoms with van der Waals surface area (Å²) in [5.41, 5.74) is 6.47. The van der Waals surface area contributed by atoms with Crippen molar-refractivity contribution in [1.82, 2.24) is 0 Å². The molecule has 0 unspecified atom stereocenters. The van der Waals surface area contributed by atoms with E-state index in [0.717, 1.165) is 29.2 Å². The van der Waals surface area contributed by atoms with Gasteiger partial charge < -0.3 is 5.73 Å². The molecule has 0 aliphatic heterocycles. The SMILES string of the molecule is CCCc1ccc2ccc([C@H](N)C(F)(F)F)cc2c1. The van der Waals surface area contributed by atoms with E-state index in [0.29, 0.717) is 0 Å². The van der Waals surface area contributed by atoms with Crippen LogP contribution in [0.25, 0.3) is 10.8 Å². The highest BCUT2D eigenvalue weighted by atomic mass is 19.4. The molecule has 1 nitrogen and oxygen atoms in total. The maximum absolute atomic E-state index is 12.6. The van der Waals surface area contributed by atoms with Crippen LogP contribution in [0.15, 0.2) is 36.4 Å². The van der Waals surface area contributed by atoms with Crippen molar-refractivity contribution in [3.8, 4) is 0 Å². The largest absolute Gasteiger partial charge is 0.407 e. The molecule has 0 aliphatic rings. The van der Waals surface area contributed by atoms with Crippen molar-refractivity contribution in [2.24, 2.45) is 5.73 Å². The molecule has 0 amide bonds. The Kier molecular flexibility index (Phi) is 3.80. The molecule has 1 atom stereocenters. The van der Waals surface area contributed by atoms with Crippen LogP contribution in [0, 0.1) is 0 Å². The summed E-state index contributed by atoms with van der Waals surface area (Å²) in [6.07, 6.45) is -2.48. The van der Waals surface area contributed by atoms with Gasteiger partial charge in [-0.3, -0.25) is 0 Å². The highest BCUT2D eigenvalue weighted by Gasteiger charge is 2.37. The number of fused-ring (bicyclic) bond motifs is 1. The molecule has 0 aromatic heterocycles. The summed E-state index contributed by atoms with van der Waals surface area (Å²) in [5.74, 6) is 0. The molecule has 19 heavy (non-hydrogen) atoms. The molecule has 0 radical (unpaired) electrons. The van der Waals surface area contributed by atoms with Crippen molar-refractivity contribution < 1.29 is 13.2 Å². The average molecular weight is 267 g/mol. The minimum absolute atomic E-state index is 0.105. The van der Waals surface area contributed by atoms with Crippen molar-refractivity contribution in [1.29, 1.82) is 0 Å². The summed E-state index contributed by atoms with van der Waals surface area (Å²) < 4.78 is 37.8. The molecule has 0 aliphatic carbocycles. The summed E-state index contributed by atoms with van der Waals surface area (Å²) in [5, 5.41) is 1.74. The number of rotatable bonds is 3. The number of benzene rings is 2. The number of halogens is 3. The van der Waals surface area contributed by atoms with Gasteiger partial charge in [-0.25, -0.2) is 0 Å². The monoisotopic (exact) mass is 267 g/mol. The lowest BCUT2D eigenvalue weighted by molar-refractivity contribution is -0.149. The fourth-order valence-electron chi connectivity index (χ4n) is 2.14. The zero-order valence-electron chi connectivity index (χ0n) is 10.7. The van der Waals surface area contributed by atoms with Crippen LogP contribution in [-0.2, 0) is 6.42 Å². The van der Waals surface area contributed by atoms with Gasteiger partial charge in [0.2, 0.25) is 0 Å². The van der Waals surface area contributed by atoms with E-state index < -0.39 is 12.2 Å². The molecule has 4 heteroatoms. The summed E-state index contributed by atoms with van der Waals surface area (Å²) in [7, 11) is 0. The standard InChI is InChI=1S/C15H16F3N/c1-2-3-10-4-5-11-6-7-12(9-13(11)8-10)14(19)15(16,17)18/h4-9,14H,2-3,19H2,1H3/t14-/m0/s1. The van der Waals surface area contributed by atoms with E-state index in [1.165, 1.54) is 12.1 Å². The molecule has 2 N–H and O–H groups in total. The van der Waals surface area contributed by atoms with Crippen LogP contribution in [0.5, 0.6) is 0 Å². The van der Waals surface area contributed by atoms with E-state index in [1.54, 1.807) is 6.07 Å². The highest BCUT2D eigenvalue weighted by Crippen LogP contribution is 2.32. The van der Waals surface area contributed by atoms with E-state index >= 15 is 0 Å². The van der Waals surface area contributed by atoms with E-state index in [1.807, 2.05) is 18.2 Å². The summed E-state index contributed by atoms with van der Waals surface area (Å²) in [4.78, 5) is 0. The molecule has 0 saturated heterocycles. The van der Waals surface area contributed by atoms with Crippen molar-refractivity contribution in [3.05, 3.63) is 47.5 Å². The van der Waals surface area contributed by atoms with Gasteiger partial charge in [-0.15, -0.1) is 0 Å². The van der Waals surface area contributed by atoms with Crippen LogP contribution in [0.2, 0.25) is 0 Å². The van der Waals surface area contributed by atoms with Crippen LogP contribution < -0.4 is 5.73 Å². The molecule has 0 heterocycles. The van der Waals surface area contributed by atoms with Gasteiger partial charge in [0, 0.05) is 0 Å². The third-order valence-electron chi connectivity index (χ3n) is 3.18. The minimum Gasteiger partial charge on any atom is -0.316 e. The van der Waals surface area contributed by atoms with Gasteiger partial charge in [0.15, 0.2) is 0 Å². The Morgan fingerprint density at radius 3 is 2.37 bits per heavy atom. The lowest BCUT2D eigenvalue weighted by Crippen LogP contribution is -2.28. The third-order valence-corrected chi connectivity index (χ3v) is 3.18. The van der Waals surface area contributed by atoms with Crippen LogP contribution in [0.4, 0.5) is 13.2 Å². The molecule has 102 valence electrons. The Labute approximate surface area is 110 Å². The maximum Gasteiger partial charge on any atom is 0.407 e. The maximum atomic E-state index is 12.6. The van der Waals surface area contributed by atoms with Gasteiger partial charge in [0.1, 0.15) is 6.04 Å². The van der Waals surface area contributed by atoms with Crippen molar-refractivity contribution in [3.63, 3.8) is 0 Å². The summed E-state index contributed by atoms with van der Waals surface area (Å²) >= 11 is 0. The second-order valence-corrected chi connectivity index (χ2v) is 4.71. The molecule has 0 spiro atoms. The molecular weight excluding hydrogens is 251 g/mol. The molecule has 0 bridgehead atoms. The van der Waals surface area contributed by atoms with Crippen molar-refractivity contribution >= 4 is 10.8 Å². The van der Waals surface area contributed by atoms with Gasteiger partial charge in [0.25, 0.3) is 0 Å².